The smallest absolute Gasteiger partial charge is 0.423 e. The van der Waals surface area contributed by atoms with Gasteiger partial charge in [-0.15, -0.1) is 0 Å². The summed E-state index contributed by atoms with van der Waals surface area (Å²) in [6.45, 7) is 3.29. The van der Waals surface area contributed by atoms with Crippen LogP contribution in [0.25, 0.3) is 0 Å². The van der Waals surface area contributed by atoms with Gasteiger partial charge in [-0.25, -0.2) is 0 Å². The van der Waals surface area contributed by atoms with Crippen molar-refractivity contribution in [1.82, 2.24) is 0 Å². The molecule has 0 spiro atoms. The van der Waals surface area contributed by atoms with E-state index in [4.69, 9.17) is 4.74 Å². The van der Waals surface area contributed by atoms with Gasteiger partial charge in [0.1, 0.15) is 17.1 Å². The number of aromatic hydroxyl groups is 1. The number of hydrogen-bond donors (Lipinski definition) is 1. The van der Waals surface area contributed by atoms with Gasteiger partial charge in [0.25, 0.3) is 0 Å². The number of aryl methyl sites for hydroxylation is 1. The van der Waals surface area contributed by atoms with Crippen molar-refractivity contribution in [3.05, 3.63) is 23.3 Å². The summed E-state index contributed by atoms with van der Waals surface area (Å²) in [5, 5.41) is 9.23. The molecule has 5 heteroatoms. The van der Waals surface area contributed by atoms with Crippen LogP contribution in [-0.4, -0.2) is 11.7 Å². The van der Waals surface area contributed by atoms with Gasteiger partial charge in [-0.1, -0.05) is 0 Å². The van der Waals surface area contributed by atoms with Gasteiger partial charge in [0.15, 0.2) is 0 Å². The Balaban J connectivity index is 3.33. The topological polar surface area (TPSA) is 29.5 Å². The standard InChI is InChI=1S/C10H11F3O2/c1-3-15-8-5-6(2)4-7(14)9(8)10(11,12)13/h4-5,14H,3H2,1-2H3. The van der Waals surface area contributed by atoms with E-state index in [0.29, 0.717) is 5.56 Å². The molecule has 1 N–H and O–H groups in total. The van der Waals surface area contributed by atoms with Crippen LogP contribution in [0, 0.1) is 6.92 Å². The third-order valence-corrected chi connectivity index (χ3v) is 1.81. The lowest BCUT2D eigenvalue weighted by Gasteiger charge is -2.15. The summed E-state index contributed by atoms with van der Waals surface area (Å²) in [5.74, 6) is -1.13. The number of phenols is 1. The van der Waals surface area contributed by atoms with Crippen LogP contribution < -0.4 is 4.74 Å². The molecule has 0 amide bonds. The third-order valence-electron chi connectivity index (χ3n) is 1.81. The van der Waals surface area contributed by atoms with Crippen molar-refractivity contribution < 1.29 is 23.0 Å². The van der Waals surface area contributed by atoms with Crippen molar-refractivity contribution in [3.63, 3.8) is 0 Å². The molecule has 1 aromatic carbocycles. The molecule has 0 radical (unpaired) electrons. The Labute approximate surface area is 85.3 Å². The summed E-state index contributed by atoms with van der Waals surface area (Å²) < 4.78 is 42.4. The van der Waals surface area contributed by atoms with E-state index < -0.39 is 17.5 Å². The fourth-order valence-corrected chi connectivity index (χ4v) is 1.29. The highest BCUT2D eigenvalue weighted by atomic mass is 19.4. The van der Waals surface area contributed by atoms with E-state index in [9.17, 15) is 18.3 Å². The molecule has 0 aromatic heterocycles. The van der Waals surface area contributed by atoms with E-state index in [1.165, 1.54) is 6.07 Å². The van der Waals surface area contributed by atoms with E-state index in [0.717, 1.165) is 6.07 Å². The monoisotopic (exact) mass is 220 g/mol. The zero-order valence-electron chi connectivity index (χ0n) is 8.35. The quantitative estimate of drug-likeness (QED) is 0.829. The molecule has 0 heterocycles. The second-order valence-corrected chi connectivity index (χ2v) is 3.09. The van der Waals surface area contributed by atoms with Gasteiger partial charge in [0, 0.05) is 0 Å². The van der Waals surface area contributed by atoms with Crippen molar-refractivity contribution in [2.75, 3.05) is 6.61 Å². The molecule has 0 saturated heterocycles. The minimum atomic E-state index is -4.61. The Hall–Kier alpha value is -1.39. The first-order valence-electron chi connectivity index (χ1n) is 4.40. The van der Waals surface area contributed by atoms with Crippen LogP contribution in [0.4, 0.5) is 13.2 Å². The number of alkyl halides is 3. The first kappa shape index (κ1) is 11.7. The van der Waals surface area contributed by atoms with Crippen LogP contribution in [0.5, 0.6) is 11.5 Å². The summed E-state index contributed by atoms with van der Waals surface area (Å²) in [7, 11) is 0. The molecule has 1 aromatic rings. The summed E-state index contributed by atoms with van der Waals surface area (Å²) in [4.78, 5) is 0. The summed E-state index contributed by atoms with van der Waals surface area (Å²) >= 11 is 0. The fourth-order valence-electron chi connectivity index (χ4n) is 1.29. The minimum Gasteiger partial charge on any atom is -0.507 e. The van der Waals surface area contributed by atoms with Gasteiger partial charge in [-0.3, -0.25) is 0 Å². The van der Waals surface area contributed by atoms with Crippen LogP contribution in [0.15, 0.2) is 12.1 Å². The molecule has 0 unspecified atom stereocenters. The maximum Gasteiger partial charge on any atom is 0.423 e. The average molecular weight is 220 g/mol. The SMILES string of the molecule is CCOc1cc(C)cc(O)c1C(F)(F)F. The third kappa shape index (κ3) is 2.55. The van der Waals surface area contributed by atoms with Crippen LogP contribution >= 0.6 is 0 Å². The largest absolute Gasteiger partial charge is 0.507 e. The average Bonchev–Trinajstić information content (AvgIpc) is 1.99. The van der Waals surface area contributed by atoms with E-state index in [-0.39, 0.29) is 12.4 Å². The normalized spacial score (nSPS) is 11.5. The predicted molar refractivity (Wildman–Crippen MR) is 49.0 cm³/mol. The Morgan fingerprint density at radius 3 is 2.40 bits per heavy atom. The Bertz CT molecular complexity index is 358. The first-order valence-corrected chi connectivity index (χ1v) is 4.40. The molecular formula is C10H11F3O2. The molecule has 0 atom stereocenters. The van der Waals surface area contributed by atoms with Gasteiger partial charge in [-0.2, -0.15) is 13.2 Å². The van der Waals surface area contributed by atoms with Gasteiger partial charge in [0.05, 0.1) is 6.61 Å². The molecule has 15 heavy (non-hydrogen) atoms. The predicted octanol–water partition coefficient (Wildman–Crippen LogP) is 3.12. The van der Waals surface area contributed by atoms with E-state index >= 15 is 0 Å². The molecule has 1 rings (SSSR count). The zero-order chi connectivity index (χ0) is 11.6. The second-order valence-electron chi connectivity index (χ2n) is 3.09. The first-order chi connectivity index (χ1) is 6.86. The molecule has 0 aliphatic heterocycles. The Kier molecular flexibility index (Phi) is 3.12. The highest BCUT2D eigenvalue weighted by Gasteiger charge is 2.37. The molecule has 0 fully saturated rings. The molecule has 84 valence electrons. The maximum absolute atomic E-state index is 12.5. The lowest BCUT2D eigenvalue weighted by molar-refractivity contribution is -0.140. The highest BCUT2D eigenvalue weighted by Crippen LogP contribution is 2.42. The summed E-state index contributed by atoms with van der Waals surface area (Å²) in [5.41, 5.74) is -0.598. The van der Waals surface area contributed by atoms with Crippen LogP contribution in [0.2, 0.25) is 0 Å². The van der Waals surface area contributed by atoms with Crippen LogP contribution in [0.3, 0.4) is 0 Å². The van der Waals surface area contributed by atoms with Crippen molar-refractivity contribution in [1.29, 1.82) is 0 Å². The molecule has 0 aliphatic rings. The Morgan fingerprint density at radius 2 is 1.93 bits per heavy atom. The lowest BCUT2D eigenvalue weighted by Crippen LogP contribution is -2.09. The summed E-state index contributed by atoms with van der Waals surface area (Å²) in [6, 6.07) is 2.32. The zero-order valence-corrected chi connectivity index (χ0v) is 8.35. The number of halogens is 3. The molecular weight excluding hydrogens is 209 g/mol. The van der Waals surface area contributed by atoms with Gasteiger partial charge >= 0.3 is 6.18 Å². The number of ether oxygens (including phenoxy) is 1. The molecule has 2 nitrogen and oxygen atoms in total. The van der Waals surface area contributed by atoms with Gasteiger partial charge < -0.3 is 9.84 Å². The van der Waals surface area contributed by atoms with Gasteiger partial charge in [0.2, 0.25) is 0 Å². The number of benzene rings is 1. The van der Waals surface area contributed by atoms with E-state index in [1.807, 2.05) is 0 Å². The van der Waals surface area contributed by atoms with Crippen LogP contribution in [-0.2, 0) is 6.18 Å². The van der Waals surface area contributed by atoms with Crippen molar-refractivity contribution in [3.8, 4) is 11.5 Å². The molecule has 0 bridgehead atoms. The van der Waals surface area contributed by atoms with Crippen molar-refractivity contribution >= 4 is 0 Å². The Morgan fingerprint density at radius 1 is 1.33 bits per heavy atom. The number of phenolic OH excluding ortho intramolecular Hbond substituents is 1. The van der Waals surface area contributed by atoms with Gasteiger partial charge in [-0.05, 0) is 31.5 Å². The van der Waals surface area contributed by atoms with Crippen molar-refractivity contribution in [2.24, 2.45) is 0 Å². The highest BCUT2D eigenvalue weighted by molar-refractivity contribution is 5.48. The molecule has 0 saturated carbocycles. The lowest BCUT2D eigenvalue weighted by atomic mass is 10.1. The van der Waals surface area contributed by atoms with Crippen LogP contribution in [0.1, 0.15) is 18.1 Å². The number of hydrogen-bond acceptors (Lipinski definition) is 2. The van der Waals surface area contributed by atoms with E-state index in [2.05, 4.69) is 0 Å². The van der Waals surface area contributed by atoms with E-state index in [1.54, 1.807) is 13.8 Å². The molecule has 0 aliphatic carbocycles. The summed E-state index contributed by atoms with van der Waals surface area (Å²) in [6.07, 6.45) is -4.61. The maximum atomic E-state index is 12.5. The van der Waals surface area contributed by atoms with Crippen molar-refractivity contribution in [2.45, 2.75) is 20.0 Å². The fraction of sp³-hybridized carbons (Fsp3) is 0.400. The second kappa shape index (κ2) is 4.00. The number of rotatable bonds is 2. The minimum absolute atomic E-state index is 0.117.